The third kappa shape index (κ3) is 3.35. The monoisotopic (exact) mass is 195 g/mol. The number of hydrogen-bond donors (Lipinski definition) is 0. The van der Waals surface area contributed by atoms with E-state index in [0.717, 1.165) is 0 Å². The molecular weight excluding hydrogens is 186 g/mol. The molecule has 54 valence electrons. The van der Waals surface area contributed by atoms with E-state index >= 15 is 0 Å². The molecule has 9 heavy (non-hydrogen) atoms. The van der Waals surface area contributed by atoms with Crippen molar-refractivity contribution in [3.05, 3.63) is 0 Å². The van der Waals surface area contributed by atoms with E-state index in [4.69, 9.17) is 4.74 Å². The fourth-order valence-electron chi connectivity index (χ4n) is 0.362. The zero-order valence-corrected chi connectivity index (χ0v) is 7.31. The molecule has 0 saturated heterocycles. The van der Waals surface area contributed by atoms with Crippen molar-refractivity contribution in [3.8, 4) is 0 Å². The van der Waals surface area contributed by atoms with Crippen LogP contribution in [0.25, 0.3) is 0 Å². The Balaban J connectivity index is 3.81. The maximum atomic E-state index is 4.83. The first-order chi connectivity index (χ1) is 4.22. The summed E-state index contributed by atoms with van der Waals surface area (Å²) in [6.45, 7) is 1.90. The molecule has 0 bridgehead atoms. The molecule has 0 radical (unpaired) electrons. The van der Waals surface area contributed by atoms with Gasteiger partial charge in [-0.05, 0) is 6.92 Å². The predicted molar refractivity (Wildman–Crippen MR) is 39.8 cm³/mol. The van der Waals surface area contributed by atoms with Crippen LogP contribution in [0.4, 0.5) is 0 Å². The Kier molecular flexibility index (Phi) is 4.48. The summed E-state index contributed by atoms with van der Waals surface area (Å²) in [5, 5.41) is 3.59. The van der Waals surface area contributed by atoms with Gasteiger partial charge in [0.15, 0.2) is 0 Å². The summed E-state index contributed by atoms with van der Waals surface area (Å²) in [4.78, 5) is 4.59. The van der Waals surface area contributed by atoms with E-state index in [2.05, 4.69) is 25.9 Å². The Morgan fingerprint density at radius 2 is 2.11 bits per heavy atom. The number of rotatable bonds is 2. The molecule has 0 aromatic carbocycles. The third-order valence-electron chi connectivity index (χ3n) is 0.731. The molecule has 1 unspecified atom stereocenters. The Morgan fingerprint density at radius 3 is 2.22 bits per heavy atom. The van der Waals surface area contributed by atoms with Crippen LogP contribution >= 0.6 is 15.9 Å². The van der Waals surface area contributed by atoms with Gasteiger partial charge < -0.3 is 9.57 Å². The molecule has 0 aromatic heterocycles. The van der Waals surface area contributed by atoms with Crippen LogP contribution in [0.15, 0.2) is 5.16 Å². The van der Waals surface area contributed by atoms with Crippen LogP contribution in [0.2, 0.25) is 0 Å². The van der Waals surface area contributed by atoms with Crippen LogP contribution in [0.3, 0.4) is 0 Å². The smallest absolute Gasteiger partial charge is 0.238 e. The van der Waals surface area contributed by atoms with E-state index in [-0.39, 0.29) is 4.83 Å². The van der Waals surface area contributed by atoms with Crippen molar-refractivity contribution >= 4 is 21.8 Å². The van der Waals surface area contributed by atoms with Crippen LogP contribution in [0, 0.1) is 0 Å². The Hall–Kier alpha value is -0.250. The zero-order chi connectivity index (χ0) is 7.28. The highest BCUT2D eigenvalue weighted by molar-refractivity contribution is 9.10. The molecule has 0 aromatic rings. The predicted octanol–water partition coefficient (Wildman–Crippen LogP) is 1.38. The highest BCUT2D eigenvalue weighted by Gasteiger charge is 2.05. The largest absolute Gasteiger partial charge is 0.481 e. The maximum Gasteiger partial charge on any atom is 0.238 e. The van der Waals surface area contributed by atoms with Crippen LogP contribution < -0.4 is 0 Å². The lowest BCUT2D eigenvalue weighted by atomic mass is 10.5. The minimum Gasteiger partial charge on any atom is -0.481 e. The normalized spacial score (nSPS) is 14.9. The fourth-order valence-corrected chi connectivity index (χ4v) is 0.633. The number of oxime groups is 1. The number of methoxy groups -OCH3 is 1. The van der Waals surface area contributed by atoms with Gasteiger partial charge in [0.2, 0.25) is 5.90 Å². The molecule has 0 aliphatic rings. The van der Waals surface area contributed by atoms with Crippen molar-refractivity contribution in [2.75, 3.05) is 14.2 Å². The molecule has 0 amide bonds. The van der Waals surface area contributed by atoms with Crippen molar-refractivity contribution in [1.29, 1.82) is 0 Å². The van der Waals surface area contributed by atoms with Gasteiger partial charge in [-0.25, -0.2) is 0 Å². The van der Waals surface area contributed by atoms with Crippen molar-refractivity contribution in [3.63, 3.8) is 0 Å². The molecule has 0 N–H and O–H groups in total. The Morgan fingerprint density at radius 1 is 1.56 bits per heavy atom. The van der Waals surface area contributed by atoms with Crippen molar-refractivity contribution in [1.82, 2.24) is 0 Å². The molecule has 0 aliphatic heterocycles. The van der Waals surface area contributed by atoms with Gasteiger partial charge in [0, 0.05) is 0 Å². The summed E-state index contributed by atoms with van der Waals surface area (Å²) in [6.07, 6.45) is 0. The second-order valence-electron chi connectivity index (χ2n) is 1.43. The first kappa shape index (κ1) is 8.75. The molecule has 4 heteroatoms. The second kappa shape index (κ2) is 4.61. The van der Waals surface area contributed by atoms with Crippen molar-refractivity contribution < 1.29 is 9.57 Å². The maximum absolute atomic E-state index is 4.83. The number of halogens is 1. The Bertz CT molecular complexity index is 103. The summed E-state index contributed by atoms with van der Waals surface area (Å²) in [7, 11) is 3.03. The SMILES string of the molecule is CON=C(OC)C(C)Br. The molecule has 0 aliphatic carbocycles. The second-order valence-corrected chi connectivity index (χ2v) is 2.81. The molecule has 3 nitrogen and oxygen atoms in total. The first-order valence-electron chi connectivity index (χ1n) is 2.51. The van der Waals surface area contributed by atoms with Gasteiger partial charge in [-0.1, -0.05) is 21.1 Å². The third-order valence-corrected chi connectivity index (χ3v) is 1.12. The van der Waals surface area contributed by atoms with E-state index in [0.29, 0.717) is 5.90 Å². The van der Waals surface area contributed by atoms with Crippen LogP contribution in [-0.2, 0) is 9.57 Å². The Labute approximate surface area is 63.1 Å². The van der Waals surface area contributed by atoms with Gasteiger partial charge in [0.05, 0.1) is 11.9 Å². The minimum absolute atomic E-state index is 0.0995. The lowest BCUT2D eigenvalue weighted by Crippen LogP contribution is -2.12. The summed E-state index contributed by atoms with van der Waals surface area (Å²) >= 11 is 3.27. The van der Waals surface area contributed by atoms with Gasteiger partial charge in [-0.15, -0.1) is 0 Å². The van der Waals surface area contributed by atoms with E-state index in [1.54, 1.807) is 7.11 Å². The summed E-state index contributed by atoms with van der Waals surface area (Å²) in [5.41, 5.74) is 0. The number of ether oxygens (including phenoxy) is 1. The molecule has 0 fully saturated rings. The number of hydrogen-bond acceptors (Lipinski definition) is 3. The average molecular weight is 196 g/mol. The molecule has 0 rings (SSSR count). The molecule has 0 spiro atoms. The highest BCUT2D eigenvalue weighted by atomic mass is 79.9. The number of alkyl halides is 1. The van der Waals surface area contributed by atoms with Gasteiger partial charge in [-0.3, -0.25) is 0 Å². The lowest BCUT2D eigenvalue weighted by Gasteiger charge is -2.03. The van der Waals surface area contributed by atoms with Gasteiger partial charge in [0.1, 0.15) is 7.11 Å². The van der Waals surface area contributed by atoms with Gasteiger partial charge in [-0.2, -0.15) is 0 Å². The van der Waals surface area contributed by atoms with Gasteiger partial charge in [0.25, 0.3) is 0 Å². The van der Waals surface area contributed by atoms with E-state index in [1.807, 2.05) is 6.92 Å². The van der Waals surface area contributed by atoms with E-state index < -0.39 is 0 Å². The standard InChI is InChI=1S/C5H10BrNO2/c1-4(6)5(8-2)7-9-3/h4H,1-3H3. The van der Waals surface area contributed by atoms with Crippen molar-refractivity contribution in [2.45, 2.75) is 11.8 Å². The van der Waals surface area contributed by atoms with Crippen LogP contribution in [-0.4, -0.2) is 24.9 Å². The fraction of sp³-hybridized carbons (Fsp3) is 0.800. The topological polar surface area (TPSA) is 30.8 Å². The summed E-state index contributed by atoms with van der Waals surface area (Å²) in [5.74, 6) is 0.539. The van der Waals surface area contributed by atoms with Crippen molar-refractivity contribution in [2.24, 2.45) is 5.16 Å². The minimum atomic E-state index is 0.0995. The average Bonchev–Trinajstić information content (AvgIpc) is 1.82. The molecule has 1 atom stereocenters. The van der Waals surface area contributed by atoms with Crippen LogP contribution in [0.1, 0.15) is 6.92 Å². The first-order valence-corrected chi connectivity index (χ1v) is 3.43. The van der Waals surface area contributed by atoms with Crippen LogP contribution in [0.5, 0.6) is 0 Å². The van der Waals surface area contributed by atoms with E-state index in [9.17, 15) is 0 Å². The number of nitrogens with zero attached hydrogens (tertiary/aromatic N) is 1. The summed E-state index contributed by atoms with van der Waals surface area (Å²) in [6, 6.07) is 0. The molecular formula is C5H10BrNO2. The van der Waals surface area contributed by atoms with Gasteiger partial charge >= 0.3 is 0 Å². The quantitative estimate of drug-likeness (QED) is 0.289. The lowest BCUT2D eigenvalue weighted by molar-refractivity contribution is 0.197. The molecule has 0 saturated carbocycles. The van der Waals surface area contributed by atoms with E-state index in [1.165, 1.54) is 7.11 Å². The molecule has 0 heterocycles. The zero-order valence-electron chi connectivity index (χ0n) is 5.72. The summed E-state index contributed by atoms with van der Waals surface area (Å²) < 4.78 is 4.83. The highest BCUT2D eigenvalue weighted by Crippen LogP contribution is 2.01.